The zero-order valence-electron chi connectivity index (χ0n) is 34.9. The molecule has 60 heavy (non-hydrogen) atoms. The zero-order valence-corrected chi connectivity index (χ0v) is 36.5. The maximum Gasteiger partial charge on any atom is 0.408 e. The van der Waals surface area contributed by atoms with Crippen molar-refractivity contribution < 1.29 is 43.2 Å². The topological polar surface area (TPSA) is 191 Å². The van der Waals surface area contributed by atoms with Gasteiger partial charge in [0.05, 0.1) is 24.4 Å². The lowest BCUT2D eigenvalue weighted by molar-refractivity contribution is -0.146. The summed E-state index contributed by atoms with van der Waals surface area (Å²) in [6.07, 6.45) is 1.33. The van der Waals surface area contributed by atoms with Crippen molar-refractivity contribution in [3.8, 4) is 22.9 Å². The van der Waals surface area contributed by atoms with Crippen LogP contribution in [-0.2, 0) is 23.9 Å². The summed E-state index contributed by atoms with van der Waals surface area (Å²) >= 11 is 8.38. The maximum absolute atomic E-state index is 14.8. The Bertz CT molecular complexity index is 2240. The molecule has 3 amide bonds. The molecule has 3 fully saturated rings. The Hall–Kier alpha value is -4.93. The fourth-order valence-electron chi connectivity index (χ4n) is 8.24. The number of pyridine rings is 1. The van der Waals surface area contributed by atoms with E-state index >= 15 is 0 Å². The Morgan fingerprint density at radius 1 is 1.12 bits per heavy atom. The first kappa shape index (κ1) is 43.2. The lowest BCUT2D eigenvalue weighted by Gasteiger charge is -2.35. The van der Waals surface area contributed by atoms with Crippen molar-refractivity contribution in [2.24, 2.45) is 17.3 Å². The van der Waals surface area contributed by atoms with Gasteiger partial charge in [0.15, 0.2) is 5.13 Å². The summed E-state index contributed by atoms with van der Waals surface area (Å²) in [4.78, 5) is 65.8. The summed E-state index contributed by atoms with van der Waals surface area (Å²) < 4.78 is 23.6. The van der Waals surface area contributed by atoms with Gasteiger partial charge in [-0.2, -0.15) is 0 Å². The molecule has 15 nitrogen and oxygen atoms in total. The molecular weight excluding hydrogens is 812 g/mol. The summed E-state index contributed by atoms with van der Waals surface area (Å²) in [6, 6.07) is 3.14. The minimum atomic E-state index is -1.54. The maximum atomic E-state index is 14.8. The molecule has 2 aromatic heterocycles. The number of alkyl carbamates (subject to hydrolysis) is 1. The molecule has 1 unspecified atom stereocenters. The lowest BCUT2D eigenvalue weighted by Crippen LogP contribution is -2.59. The van der Waals surface area contributed by atoms with E-state index in [0.717, 1.165) is 6.42 Å². The van der Waals surface area contributed by atoms with Gasteiger partial charge >= 0.3 is 12.1 Å². The predicted molar refractivity (Wildman–Crippen MR) is 227 cm³/mol. The molecule has 0 bridgehead atoms. The van der Waals surface area contributed by atoms with E-state index in [2.05, 4.69) is 29.5 Å². The SMILES string of the molecule is C=C[C@@H]1C[C@]1(NC(=O)[C@@H]1CC(Oc2cc(-c3csc(NC(C)C)n3)nc3c(Cl)c(OCCOC)ccc23)CN1C(=O)[C@@H](NC(=O)O[C@@H]1CC2=C(C)[C@@H]2C1)C(C)(C)C)C(=O)O. The number of nitrogens with zero attached hydrogens (tertiary/aromatic N) is 3. The third-order valence-corrected chi connectivity index (χ3v) is 12.8. The standard InChI is InChI=1S/C43H53ClN6O9S/c1-9-23-18-43(23,39(53)54)49-37(51)31-16-25(19-50(31)38(52)36(42(5,6)7)48-41(55)59-24-14-27-22(4)28(27)15-24)58-33-17-29(30-20-60-40(47-30)45-21(2)3)46-35-26(33)10-11-32(34(35)44)57-13-12-56-8/h9-11,17,20-21,23-25,27,31,36H,1,12-16,18-19H2,2-8H3,(H,45,47)(H,48,55)(H,49,51)(H,53,54)/t23-,24+,25?,27+,31+,36-,43-/m1/s1. The summed E-state index contributed by atoms with van der Waals surface area (Å²) in [6.45, 7) is 15.8. The van der Waals surface area contributed by atoms with Gasteiger partial charge < -0.3 is 44.9 Å². The van der Waals surface area contributed by atoms with Gasteiger partial charge in [0.25, 0.3) is 0 Å². The van der Waals surface area contributed by atoms with Gasteiger partial charge in [-0.3, -0.25) is 9.59 Å². The molecule has 2 saturated carbocycles. The van der Waals surface area contributed by atoms with Crippen LogP contribution in [0.1, 0.15) is 67.2 Å². The highest BCUT2D eigenvalue weighted by Gasteiger charge is 2.61. The Labute approximate surface area is 358 Å². The number of hydrogen-bond acceptors (Lipinski definition) is 12. The predicted octanol–water partition coefficient (Wildman–Crippen LogP) is 6.60. The van der Waals surface area contributed by atoms with E-state index in [9.17, 15) is 24.3 Å². The monoisotopic (exact) mass is 864 g/mol. The average molecular weight is 865 g/mol. The molecular formula is C43H53ClN6O9S. The first-order valence-corrected chi connectivity index (χ1v) is 21.5. The van der Waals surface area contributed by atoms with Gasteiger partial charge in [-0.1, -0.05) is 49.6 Å². The largest absolute Gasteiger partial charge is 0.490 e. The van der Waals surface area contributed by atoms with Crippen molar-refractivity contribution in [3.63, 3.8) is 0 Å². The van der Waals surface area contributed by atoms with E-state index in [1.807, 2.05) is 40.0 Å². The molecule has 0 radical (unpaired) electrons. The number of hydrogen-bond donors (Lipinski definition) is 4. The second kappa shape index (κ2) is 16.8. The van der Waals surface area contributed by atoms with Crippen LogP contribution in [0.25, 0.3) is 22.3 Å². The van der Waals surface area contributed by atoms with Crippen LogP contribution in [0.3, 0.4) is 0 Å². The number of likely N-dealkylation sites (tertiary alicyclic amines) is 1. The van der Waals surface area contributed by atoms with Crippen LogP contribution in [0.5, 0.6) is 11.5 Å². The fraction of sp³-hybridized carbons (Fsp3) is 0.535. The number of carboxylic acid groups (broad SMARTS) is 1. The number of aromatic nitrogens is 2. The van der Waals surface area contributed by atoms with Crippen LogP contribution in [0.2, 0.25) is 5.02 Å². The van der Waals surface area contributed by atoms with E-state index in [0.29, 0.717) is 57.9 Å². The van der Waals surface area contributed by atoms with Gasteiger partial charge in [-0.25, -0.2) is 19.6 Å². The number of allylic oxidation sites excluding steroid dienone is 1. The molecule has 7 atom stereocenters. The Kier molecular flexibility index (Phi) is 12.1. The van der Waals surface area contributed by atoms with Crippen LogP contribution in [0, 0.1) is 17.3 Å². The number of halogens is 1. The van der Waals surface area contributed by atoms with Gasteiger partial charge in [0.1, 0.15) is 58.7 Å². The molecule has 4 aliphatic rings. The second-order valence-corrected chi connectivity index (χ2v) is 18.7. The van der Waals surface area contributed by atoms with Crippen molar-refractivity contribution >= 4 is 62.8 Å². The summed E-state index contributed by atoms with van der Waals surface area (Å²) in [5.41, 5.74) is 1.76. The molecule has 7 rings (SSSR count). The molecule has 3 aliphatic carbocycles. The van der Waals surface area contributed by atoms with E-state index in [4.69, 9.17) is 40.5 Å². The molecule has 1 aliphatic heterocycles. The number of nitrogens with one attached hydrogen (secondary N) is 3. The number of benzene rings is 1. The van der Waals surface area contributed by atoms with Gasteiger partial charge in [-0.05, 0) is 51.2 Å². The molecule has 1 saturated heterocycles. The molecule has 4 N–H and O–H groups in total. The number of amides is 3. The molecule has 3 heterocycles. The second-order valence-electron chi connectivity index (χ2n) is 17.4. The Morgan fingerprint density at radius 3 is 2.52 bits per heavy atom. The number of anilines is 1. The zero-order chi connectivity index (χ0) is 43.3. The first-order valence-electron chi connectivity index (χ1n) is 20.2. The van der Waals surface area contributed by atoms with Gasteiger partial charge in [-0.15, -0.1) is 17.9 Å². The lowest BCUT2D eigenvalue weighted by atomic mass is 9.85. The average Bonchev–Trinajstić information content (AvgIpc) is 3.68. The number of thiazole rings is 1. The number of fused-ring (bicyclic) bond motifs is 2. The molecule has 3 aromatic rings. The molecule has 1 aromatic carbocycles. The smallest absolute Gasteiger partial charge is 0.408 e. The number of aliphatic carboxylic acids is 1. The van der Waals surface area contributed by atoms with Gasteiger partial charge in [0, 0.05) is 54.7 Å². The van der Waals surface area contributed by atoms with Crippen molar-refractivity contribution in [1.29, 1.82) is 0 Å². The van der Waals surface area contributed by atoms with E-state index in [1.54, 1.807) is 25.3 Å². The summed E-state index contributed by atoms with van der Waals surface area (Å²) in [5, 5.41) is 22.4. The van der Waals surface area contributed by atoms with Crippen LogP contribution in [-0.4, -0.2) is 107 Å². The Morgan fingerprint density at radius 2 is 1.88 bits per heavy atom. The van der Waals surface area contributed by atoms with E-state index < -0.39 is 58.9 Å². The highest BCUT2D eigenvalue weighted by Crippen LogP contribution is 2.52. The summed E-state index contributed by atoms with van der Waals surface area (Å²) in [7, 11) is 1.57. The number of carbonyl (C=O) groups excluding carboxylic acids is 3. The number of methoxy groups -OCH3 is 1. The molecule has 0 spiro atoms. The van der Waals surface area contributed by atoms with E-state index in [-0.39, 0.29) is 43.2 Å². The van der Waals surface area contributed by atoms with Gasteiger partial charge in [0.2, 0.25) is 11.8 Å². The highest BCUT2D eigenvalue weighted by atomic mass is 35.5. The first-order chi connectivity index (χ1) is 28.4. The van der Waals surface area contributed by atoms with Crippen LogP contribution in [0.4, 0.5) is 9.93 Å². The number of ether oxygens (including phenoxy) is 4. The van der Waals surface area contributed by atoms with Crippen molar-refractivity contribution in [2.75, 3.05) is 32.2 Å². The Balaban J connectivity index is 1.20. The molecule has 17 heteroatoms. The quantitative estimate of drug-likeness (QED) is 0.0893. The van der Waals surface area contributed by atoms with Crippen LogP contribution < -0.4 is 25.4 Å². The fourth-order valence-corrected chi connectivity index (χ4v) is 9.35. The number of carbonyl (C=O) groups is 4. The van der Waals surface area contributed by atoms with Crippen LogP contribution >= 0.6 is 22.9 Å². The van der Waals surface area contributed by atoms with Crippen molar-refractivity contribution in [2.45, 2.75) is 103 Å². The third-order valence-electron chi connectivity index (χ3n) is 11.7. The molecule has 322 valence electrons. The number of rotatable bonds is 16. The van der Waals surface area contributed by atoms with E-state index in [1.165, 1.54) is 33.5 Å². The normalized spacial score (nSPS) is 24.8. The minimum absolute atomic E-state index is 0.00944. The summed E-state index contributed by atoms with van der Waals surface area (Å²) in [5.74, 6) is -1.70. The minimum Gasteiger partial charge on any atom is -0.490 e. The van der Waals surface area contributed by atoms with Crippen LogP contribution in [0.15, 0.2) is 47.4 Å². The van der Waals surface area contributed by atoms with Crippen molar-refractivity contribution in [3.05, 3.63) is 52.4 Å². The third kappa shape index (κ3) is 8.77. The van der Waals surface area contributed by atoms with Crippen molar-refractivity contribution in [1.82, 2.24) is 25.5 Å². The highest BCUT2D eigenvalue weighted by molar-refractivity contribution is 7.14. The number of carboxylic acids is 1.